The maximum atomic E-state index is 12.6. The van der Waals surface area contributed by atoms with Crippen molar-refractivity contribution >= 4 is 44.6 Å². The number of aromatic nitrogens is 1. The van der Waals surface area contributed by atoms with Gasteiger partial charge in [-0.2, -0.15) is 13.2 Å². The van der Waals surface area contributed by atoms with Gasteiger partial charge in [-0.25, -0.2) is 4.98 Å². The fraction of sp³-hybridized carbons (Fsp3) is 0.0909. The Hall–Kier alpha value is -2.90. The molecule has 0 unspecified atom stereocenters. The van der Waals surface area contributed by atoms with Crippen LogP contribution in [0.1, 0.15) is 10.4 Å². The first-order valence-corrected chi connectivity index (χ1v) is 10.1. The van der Waals surface area contributed by atoms with E-state index in [4.69, 9.17) is 16.6 Å². The van der Waals surface area contributed by atoms with E-state index >= 15 is 0 Å². The second-order valence-electron chi connectivity index (χ2n) is 6.52. The Morgan fingerprint density at radius 2 is 1.60 bits per heavy atom. The van der Waals surface area contributed by atoms with Crippen LogP contribution in [0.4, 0.5) is 18.9 Å². The molecular formula is C22H14ClF3N2OS. The number of halogens is 4. The van der Waals surface area contributed by atoms with E-state index in [1.807, 2.05) is 24.3 Å². The molecule has 0 aliphatic carbocycles. The summed E-state index contributed by atoms with van der Waals surface area (Å²) in [6.45, 7) is 0. The number of alkyl halides is 3. The standard InChI is InChI=1S/C22H14ClF3N2OS/c1-27-18-16-10-11-17(12-6-8-15(23)9-7-12)28-21(16)30-19(18)13-2-4-14(5-3-13)20(29)22(24,25)26/h2-11,27H,1H3. The maximum absolute atomic E-state index is 12.6. The van der Waals surface area contributed by atoms with Gasteiger partial charge in [0.1, 0.15) is 4.83 Å². The van der Waals surface area contributed by atoms with Crippen molar-refractivity contribution in [1.82, 2.24) is 4.98 Å². The normalized spacial score (nSPS) is 11.6. The number of pyridine rings is 1. The predicted octanol–water partition coefficient (Wildman–Crippen LogP) is 7.07. The zero-order chi connectivity index (χ0) is 21.5. The average molecular weight is 447 g/mol. The number of rotatable bonds is 4. The molecule has 0 saturated heterocycles. The van der Waals surface area contributed by atoms with Crippen LogP contribution in [0, 0.1) is 0 Å². The van der Waals surface area contributed by atoms with Crippen LogP contribution in [0.2, 0.25) is 5.02 Å². The van der Waals surface area contributed by atoms with E-state index in [0.717, 1.165) is 32.0 Å². The molecule has 3 nitrogen and oxygen atoms in total. The van der Waals surface area contributed by atoms with Crippen molar-refractivity contribution in [3.63, 3.8) is 0 Å². The third-order valence-corrected chi connectivity index (χ3v) is 6.01. The maximum Gasteiger partial charge on any atom is 0.454 e. The van der Waals surface area contributed by atoms with Crippen molar-refractivity contribution in [3.05, 3.63) is 71.2 Å². The number of fused-ring (bicyclic) bond motifs is 1. The van der Waals surface area contributed by atoms with Crippen molar-refractivity contribution in [2.75, 3.05) is 12.4 Å². The molecule has 0 aliphatic rings. The summed E-state index contributed by atoms with van der Waals surface area (Å²) >= 11 is 7.38. The van der Waals surface area contributed by atoms with Crippen LogP contribution in [0.5, 0.6) is 0 Å². The summed E-state index contributed by atoms with van der Waals surface area (Å²) in [5, 5.41) is 4.70. The molecule has 4 aromatic rings. The highest BCUT2D eigenvalue weighted by molar-refractivity contribution is 7.22. The lowest BCUT2D eigenvalue weighted by Gasteiger charge is -2.07. The van der Waals surface area contributed by atoms with Crippen molar-refractivity contribution in [3.8, 4) is 21.7 Å². The molecule has 0 saturated carbocycles. The first-order valence-electron chi connectivity index (χ1n) is 8.87. The first kappa shape index (κ1) is 20.4. The Morgan fingerprint density at radius 1 is 0.967 bits per heavy atom. The quantitative estimate of drug-likeness (QED) is 0.341. The van der Waals surface area contributed by atoms with Gasteiger partial charge in [0.2, 0.25) is 0 Å². The summed E-state index contributed by atoms with van der Waals surface area (Å²) in [6.07, 6.45) is -4.89. The Bertz CT molecular complexity index is 1230. The van der Waals surface area contributed by atoms with E-state index in [2.05, 4.69) is 5.32 Å². The smallest absolute Gasteiger partial charge is 0.386 e. The Morgan fingerprint density at radius 3 is 2.20 bits per heavy atom. The number of thiophene rings is 1. The number of benzene rings is 2. The number of ketones is 1. The molecule has 4 rings (SSSR count). The van der Waals surface area contributed by atoms with Gasteiger partial charge in [-0.05, 0) is 29.8 Å². The highest BCUT2D eigenvalue weighted by atomic mass is 35.5. The van der Waals surface area contributed by atoms with Crippen LogP contribution < -0.4 is 5.32 Å². The number of nitrogens with zero attached hydrogens (tertiary/aromatic N) is 1. The van der Waals surface area contributed by atoms with Gasteiger partial charge in [-0.15, -0.1) is 11.3 Å². The predicted molar refractivity (Wildman–Crippen MR) is 115 cm³/mol. The number of Topliss-reactive ketones (excluding diaryl/α,β-unsaturated/α-hetero) is 1. The zero-order valence-electron chi connectivity index (χ0n) is 15.5. The molecule has 0 amide bonds. The number of hydrogen-bond donors (Lipinski definition) is 1. The summed E-state index contributed by atoms with van der Waals surface area (Å²) in [7, 11) is 1.78. The van der Waals surface area contributed by atoms with Gasteiger partial charge in [0.05, 0.1) is 16.3 Å². The molecule has 2 aromatic carbocycles. The highest BCUT2D eigenvalue weighted by Crippen LogP contribution is 2.42. The molecule has 2 heterocycles. The lowest BCUT2D eigenvalue weighted by molar-refractivity contribution is -0.0885. The molecule has 8 heteroatoms. The minimum atomic E-state index is -4.89. The van der Waals surface area contributed by atoms with Crippen molar-refractivity contribution in [2.24, 2.45) is 0 Å². The minimum Gasteiger partial charge on any atom is -0.386 e. The molecular weight excluding hydrogens is 433 g/mol. The van der Waals surface area contributed by atoms with Crippen LogP contribution >= 0.6 is 22.9 Å². The van der Waals surface area contributed by atoms with E-state index < -0.39 is 12.0 Å². The molecule has 0 atom stereocenters. The zero-order valence-corrected chi connectivity index (χ0v) is 17.1. The summed E-state index contributed by atoms with van der Waals surface area (Å²) in [5.41, 5.74) is 2.87. The second-order valence-corrected chi connectivity index (χ2v) is 7.95. The van der Waals surface area contributed by atoms with E-state index in [0.29, 0.717) is 10.6 Å². The summed E-state index contributed by atoms with van der Waals surface area (Å²) in [6, 6.07) is 16.7. The molecule has 0 radical (unpaired) electrons. The van der Waals surface area contributed by atoms with Gasteiger partial charge in [-0.1, -0.05) is 48.0 Å². The number of nitrogens with one attached hydrogen (secondary N) is 1. The van der Waals surface area contributed by atoms with E-state index in [-0.39, 0.29) is 5.56 Å². The van der Waals surface area contributed by atoms with Gasteiger partial charge < -0.3 is 5.32 Å². The SMILES string of the molecule is CNc1c(-c2ccc(C(=O)C(F)(F)F)cc2)sc2nc(-c3ccc(Cl)cc3)ccc12. The van der Waals surface area contributed by atoms with E-state index in [1.165, 1.54) is 35.6 Å². The van der Waals surface area contributed by atoms with Gasteiger partial charge in [0, 0.05) is 28.6 Å². The topological polar surface area (TPSA) is 42.0 Å². The van der Waals surface area contributed by atoms with Crippen LogP contribution in [-0.2, 0) is 0 Å². The highest BCUT2D eigenvalue weighted by Gasteiger charge is 2.39. The molecule has 1 N–H and O–H groups in total. The third kappa shape index (κ3) is 3.78. The van der Waals surface area contributed by atoms with Gasteiger partial charge in [0.25, 0.3) is 5.78 Å². The largest absolute Gasteiger partial charge is 0.454 e. The fourth-order valence-electron chi connectivity index (χ4n) is 3.15. The molecule has 2 aromatic heterocycles. The molecule has 0 aliphatic heterocycles. The van der Waals surface area contributed by atoms with E-state index in [1.54, 1.807) is 19.2 Å². The Kier molecular flexibility index (Phi) is 5.26. The summed E-state index contributed by atoms with van der Waals surface area (Å²) in [5.74, 6) is -1.85. The van der Waals surface area contributed by atoms with Crippen LogP contribution in [0.15, 0.2) is 60.7 Å². The monoisotopic (exact) mass is 446 g/mol. The van der Waals surface area contributed by atoms with Crippen molar-refractivity contribution < 1.29 is 18.0 Å². The lowest BCUT2D eigenvalue weighted by Crippen LogP contribution is -2.22. The third-order valence-electron chi connectivity index (χ3n) is 4.61. The van der Waals surface area contributed by atoms with Crippen molar-refractivity contribution in [1.29, 1.82) is 0 Å². The first-order chi connectivity index (χ1) is 14.3. The molecule has 152 valence electrons. The number of carbonyl (C=O) groups excluding carboxylic acids is 1. The molecule has 0 spiro atoms. The van der Waals surface area contributed by atoms with Crippen molar-refractivity contribution in [2.45, 2.75) is 6.18 Å². The summed E-state index contributed by atoms with van der Waals surface area (Å²) in [4.78, 5) is 17.8. The van der Waals surface area contributed by atoms with Gasteiger partial charge in [-0.3, -0.25) is 4.79 Å². The Labute approximate surface area is 179 Å². The molecule has 0 fully saturated rings. The molecule has 0 bridgehead atoms. The molecule has 30 heavy (non-hydrogen) atoms. The summed E-state index contributed by atoms with van der Waals surface area (Å²) < 4.78 is 37.9. The van der Waals surface area contributed by atoms with Gasteiger partial charge >= 0.3 is 6.18 Å². The number of anilines is 1. The van der Waals surface area contributed by atoms with E-state index in [9.17, 15) is 18.0 Å². The number of hydrogen-bond acceptors (Lipinski definition) is 4. The minimum absolute atomic E-state index is 0.387. The Balaban J connectivity index is 1.75. The van der Waals surface area contributed by atoms with Crippen LogP contribution in [0.3, 0.4) is 0 Å². The van der Waals surface area contributed by atoms with Crippen LogP contribution in [0.25, 0.3) is 31.9 Å². The number of carbonyl (C=O) groups is 1. The second kappa shape index (κ2) is 7.74. The average Bonchev–Trinajstić information content (AvgIpc) is 3.11. The fourth-order valence-corrected chi connectivity index (χ4v) is 4.46. The van der Waals surface area contributed by atoms with Gasteiger partial charge in [0.15, 0.2) is 0 Å². The lowest BCUT2D eigenvalue weighted by atomic mass is 10.1. The van der Waals surface area contributed by atoms with Crippen LogP contribution in [-0.4, -0.2) is 24.0 Å².